The van der Waals surface area contributed by atoms with E-state index in [4.69, 9.17) is 9.47 Å². The maximum absolute atomic E-state index is 13.0. The van der Waals surface area contributed by atoms with Gasteiger partial charge in [0, 0.05) is 17.5 Å². The first-order valence-corrected chi connectivity index (χ1v) is 9.61. The second kappa shape index (κ2) is 9.19. The van der Waals surface area contributed by atoms with Crippen molar-refractivity contribution in [3.8, 4) is 11.1 Å². The van der Waals surface area contributed by atoms with Crippen LogP contribution in [-0.4, -0.2) is 34.7 Å². The van der Waals surface area contributed by atoms with Gasteiger partial charge in [0.1, 0.15) is 5.69 Å². The van der Waals surface area contributed by atoms with Crippen molar-refractivity contribution < 1.29 is 19.1 Å². The lowest BCUT2D eigenvalue weighted by Crippen LogP contribution is -2.15. The maximum Gasteiger partial charge on any atom is 0.355 e. The van der Waals surface area contributed by atoms with E-state index in [0.29, 0.717) is 29.1 Å². The van der Waals surface area contributed by atoms with Crippen molar-refractivity contribution in [1.82, 2.24) is 9.55 Å². The van der Waals surface area contributed by atoms with Crippen LogP contribution in [0.4, 0.5) is 0 Å². The molecule has 150 valence electrons. The average molecular weight is 392 g/mol. The molecular formula is C23H24N2O4. The van der Waals surface area contributed by atoms with E-state index in [1.807, 2.05) is 55.5 Å². The Morgan fingerprint density at radius 1 is 0.931 bits per heavy atom. The standard InChI is InChI=1S/C23H24N2O4/c1-4-28-22(26)19-16(3)25(15-18-13-9-10-14-24-18)21(23(27)29-5-2)20(19)17-11-7-6-8-12-17/h6-14H,4-5,15H2,1-3H3. The van der Waals surface area contributed by atoms with E-state index in [1.165, 1.54) is 0 Å². The fourth-order valence-corrected chi connectivity index (χ4v) is 3.34. The molecule has 29 heavy (non-hydrogen) atoms. The number of rotatable bonds is 7. The Balaban J connectivity index is 2.29. The van der Waals surface area contributed by atoms with Gasteiger partial charge >= 0.3 is 11.9 Å². The summed E-state index contributed by atoms with van der Waals surface area (Å²) >= 11 is 0. The molecule has 0 bridgehead atoms. The number of hydrogen-bond donors (Lipinski definition) is 0. The van der Waals surface area contributed by atoms with Gasteiger partial charge in [0.05, 0.1) is 31.0 Å². The molecule has 2 heterocycles. The molecule has 0 amide bonds. The normalized spacial score (nSPS) is 10.6. The molecule has 0 unspecified atom stereocenters. The highest BCUT2D eigenvalue weighted by molar-refractivity contribution is 6.07. The molecule has 0 saturated carbocycles. The van der Waals surface area contributed by atoms with Crippen molar-refractivity contribution in [2.45, 2.75) is 27.3 Å². The minimum Gasteiger partial charge on any atom is -0.462 e. The van der Waals surface area contributed by atoms with Crippen LogP contribution in [0.25, 0.3) is 11.1 Å². The molecule has 6 heteroatoms. The van der Waals surface area contributed by atoms with E-state index < -0.39 is 11.9 Å². The maximum atomic E-state index is 13.0. The van der Waals surface area contributed by atoms with Gasteiger partial charge in [0.25, 0.3) is 0 Å². The van der Waals surface area contributed by atoms with E-state index in [-0.39, 0.29) is 13.2 Å². The van der Waals surface area contributed by atoms with Gasteiger partial charge in [-0.15, -0.1) is 0 Å². The molecule has 0 fully saturated rings. The summed E-state index contributed by atoms with van der Waals surface area (Å²) in [6.07, 6.45) is 1.70. The van der Waals surface area contributed by atoms with E-state index in [0.717, 1.165) is 11.3 Å². The van der Waals surface area contributed by atoms with Crippen molar-refractivity contribution in [2.75, 3.05) is 13.2 Å². The van der Waals surface area contributed by atoms with Crippen LogP contribution in [-0.2, 0) is 16.0 Å². The predicted octanol–water partition coefficient (Wildman–Crippen LogP) is 4.26. The summed E-state index contributed by atoms with van der Waals surface area (Å²) in [5, 5.41) is 0. The van der Waals surface area contributed by atoms with Crippen LogP contribution in [0.3, 0.4) is 0 Å². The van der Waals surface area contributed by atoms with E-state index in [9.17, 15) is 9.59 Å². The summed E-state index contributed by atoms with van der Waals surface area (Å²) in [5.74, 6) is -0.949. The van der Waals surface area contributed by atoms with Crippen LogP contribution >= 0.6 is 0 Å². The van der Waals surface area contributed by atoms with E-state index in [2.05, 4.69) is 4.98 Å². The first kappa shape index (κ1) is 20.3. The number of carbonyl (C=O) groups excluding carboxylic acids is 2. The van der Waals surface area contributed by atoms with Crippen LogP contribution in [0.5, 0.6) is 0 Å². The number of benzene rings is 1. The Morgan fingerprint density at radius 3 is 2.21 bits per heavy atom. The van der Waals surface area contributed by atoms with Gasteiger partial charge in [-0.1, -0.05) is 36.4 Å². The Morgan fingerprint density at radius 2 is 1.59 bits per heavy atom. The van der Waals surface area contributed by atoms with Gasteiger partial charge in [0.2, 0.25) is 0 Å². The highest BCUT2D eigenvalue weighted by Crippen LogP contribution is 2.34. The molecule has 3 aromatic rings. The monoisotopic (exact) mass is 392 g/mol. The Kier molecular flexibility index (Phi) is 6.44. The molecule has 6 nitrogen and oxygen atoms in total. The van der Waals surface area contributed by atoms with Gasteiger partial charge in [-0.2, -0.15) is 0 Å². The van der Waals surface area contributed by atoms with Crippen LogP contribution in [0, 0.1) is 6.92 Å². The SMILES string of the molecule is CCOC(=O)c1c(-c2ccccc2)c(C(=O)OCC)n(Cc2ccccn2)c1C. The van der Waals surface area contributed by atoms with Crippen LogP contribution in [0.15, 0.2) is 54.7 Å². The lowest BCUT2D eigenvalue weighted by atomic mass is 10.00. The first-order valence-electron chi connectivity index (χ1n) is 9.61. The number of hydrogen-bond acceptors (Lipinski definition) is 5. The summed E-state index contributed by atoms with van der Waals surface area (Å²) in [4.78, 5) is 30.2. The summed E-state index contributed by atoms with van der Waals surface area (Å²) in [5.41, 5.74) is 3.38. The molecule has 3 rings (SSSR count). The first-order chi connectivity index (χ1) is 14.1. The molecule has 0 atom stereocenters. The lowest BCUT2D eigenvalue weighted by Gasteiger charge is -2.12. The minimum atomic E-state index is -0.485. The quantitative estimate of drug-likeness (QED) is 0.562. The van der Waals surface area contributed by atoms with Gasteiger partial charge in [0.15, 0.2) is 0 Å². The summed E-state index contributed by atoms with van der Waals surface area (Å²) in [6.45, 7) is 6.13. The molecule has 0 spiro atoms. The zero-order valence-electron chi connectivity index (χ0n) is 16.8. The number of aromatic nitrogens is 2. The summed E-state index contributed by atoms with van der Waals surface area (Å²) in [7, 11) is 0. The smallest absolute Gasteiger partial charge is 0.355 e. The Hall–Kier alpha value is -3.41. The molecule has 0 aliphatic heterocycles. The Labute approximate surface area is 170 Å². The Bertz CT molecular complexity index is 995. The van der Waals surface area contributed by atoms with Gasteiger partial charge in [-0.25, -0.2) is 9.59 Å². The van der Waals surface area contributed by atoms with Crippen LogP contribution < -0.4 is 0 Å². The highest BCUT2D eigenvalue weighted by Gasteiger charge is 2.31. The second-order valence-corrected chi connectivity index (χ2v) is 6.40. The number of pyridine rings is 1. The van der Waals surface area contributed by atoms with Crippen molar-refractivity contribution in [3.63, 3.8) is 0 Å². The van der Waals surface area contributed by atoms with Crippen molar-refractivity contribution in [3.05, 3.63) is 77.4 Å². The topological polar surface area (TPSA) is 70.4 Å². The van der Waals surface area contributed by atoms with E-state index >= 15 is 0 Å². The van der Waals surface area contributed by atoms with Gasteiger partial charge in [-0.3, -0.25) is 4.98 Å². The molecule has 2 aromatic heterocycles. The van der Waals surface area contributed by atoms with Crippen LogP contribution in [0.1, 0.15) is 46.1 Å². The zero-order valence-corrected chi connectivity index (χ0v) is 16.8. The van der Waals surface area contributed by atoms with Crippen molar-refractivity contribution in [2.24, 2.45) is 0 Å². The largest absolute Gasteiger partial charge is 0.462 e. The number of ether oxygens (including phenoxy) is 2. The molecule has 0 aliphatic carbocycles. The summed E-state index contributed by atoms with van der Waals surface area (Å²) in [6, 6.07) is 14.9. The van der Waals surface area contributed by atoms with Gasteiger partial charge in [-0.05, 0) is 38.5 Å². The molecule has 0 aliphatic rings. The molecular weight excluding hydrogens is 368 g/mol. The van der Waals surface area contributed by atoms with E-state index in [1.54, 1.807) is 24.6 Å². The third-order valence-corrected chi connectivity index (χ3v) is 4.58. The molecule has 1 aromatic carbocycles. The fourth-order valence-electron chi connectivity index (χ4n) is 3.34. The van der Waals surface area contributed by atoms with Crippen LogP contribution in [0.2, 0.25) is 0 Å². The fraction of sp³-hybridized carbons (Fsp3) is 0.261. The lowest BCUT2D eigenvalue weighted by molar-refractivity contribution is 0.0512. The zero-order chi connectivity index (χ0) is 20.8. The number of esters is 2. The minimum absolute atomic E-state index is 0.232. The van der Waals surface area contributed by atoms with Crippen molar-refractivity contribution >= 4 is 11.9 Å². The molecule has 0 saturated heterocycles. The van der Waals surface area contributed by atoms with Gasteiger partial charge < -0.3 is 14.0 Å². The predicted molar refractivity (Wildman–Crippen MR) is 110 cm³/mol. The van der Waals surface area contributed by atoms with Crippen molar-refractivity contribution in [1.29, 1.82) is 0 Å². The number of nitrogens with zero attached hydrogens (tertiary/aromatic N) is 2. The number of carbonyl (C=O) groups is 2. The second-order valence-electron chi connectivity index (χ2n) is 6.40. The molecule has 0 radical (unpaired) electrons. The summed E-state index contributed by atoms with van der Waals surface area (Å²) < 4.78 is 12.4. The average Bonchev–Trinajstić information content (AvgIpc) is 3.02. The molecule has 0 N–H and O–H groups in total. The highest BCUT2D eigenvalue weighted by atomic mass is 16.5. The third kappa shape index (κ3) is 4.21. The third-order valence-electron chi connectivity index (χ3n) is 4.58.